The average molecular weight is 487 g/mol. The van der Waals surface area contributed by atoms with Crippen molar-refractivity contribution >= 4 is 45.8 Å². The van der Waals surface area contributed by atoms with Gasteiger partial charge in [0.1, 0.15) is 11.8 Å². The molecule has 3 rings (SSSR count). The number of amides is 2. The van der Waals surface area contributed by atoms with E-state index in [9.17, 15) is 9.59 Å². The first-order valence-corrected chi connectivity index (χ1v) is 11.7. The second-order valence-electron chi connectivity index (χ2n) is 7.98. The highest BCUT2D eigenvalue weighted by molar-refractivity contribution is 6.36. The number of ether oxygens (including phenoxy) is 1. The van der Waals surface area contributed by atoms with Crippen LogP contribution in [0.4, 0.5) is 0 Å². The molecular formula is C26H28Cl2N2O3. The van der Waals surface area contributed by atoms with Crippen LogP contribution in [0.25, 0.3) is 10.8 Å². The lowest BCUT2D eigenvalue weighted by Gasteiger charge is -2.30. The van der Waals surface area contributed by atoms with Gasteiger partial charge in [-0.1, -0.05) is 72.6 Å². The first-order valence-electron chi connectivity index (χ1n) is 10.9. The second-order valence-corrected chi connectivity index (χ2v) is 8.80. The predicted molar refractivity (Wildman–Crippen MR) is 134 cm³/mol. The summed E-state index contributed by atoms with van der Waals surface area (Å²) in [5, 5.41) is 5.74. The SMILES string of the molecule is CC[C@H](C)NC(=O)[C@H](C)N(Cc1c(Cl)cccc1Cl)C(=O)COc1cccc2ccccc12. The van der Waals surface area contributed by atoms with E-state index in [2.05, 4.69) is 5.32 Å². The third-order valence-electron chi connectivity index (χ3n) is 5.66. The summed E-state index contributed by atoms with van der Waals surface area (Å²) in [4.78, 5) is 27.6. The number of hydrogen-bond donors (Lipinski definition) is 1. The average Bonchev–Trinajstić information content (AvgIpc) is 2.81. The fourth-order valence-electron chi connectivity index (χ4n) is 3.45. The molecule has 1 N–H and O–H groups in total. The first kappa shape index (κ1) is 24.9. The van der Waals surface area contributed by atoms with Crippen molar-refractivity contribution in [2.75, 3.05) is 6.61 Å². The maximum absolute atomic E-state index is 13.3. The van der Waals surface area contributed by atoms with Gasteiger partial charge in [-0.05, 0) is 43.9 Å². The molecule has 0 bridgehead atoms. The maximum Gasteiger partial charge on any atom is 0.261 e. The molecule has 2 atom stereocenters. The molecule has 0 aromatic heterocycles. The molecule has 0 fully saturated rings. The Balaban J connectivity index is 1.84. The summed E-state index contributed by atoms with van der Waals surface area (Å²) in [5.41, 5.74) is 0.586. The number of nitrogens with one attached hydrogen (secondary N) is 1. The molecule has 2 amide bonds. The molecule has 0 aliphatic rings. The fourth-order valence-corrected chi connectivity index (χ4v) is 3.96. The molecule has 0 unspecified atom stereocenters. The zero-order valence-electron chi connectivity index (χ0n) is 19.0. The van der Waals surface area contributed by atoms with Crippen LogP contribution in [0.5, 0.6) is 5.75 Å². The molecule has 0 aliphatic carbocycles. The Morgan fingerprint density at radius 2 is 1.61 bits per heavy atom. The summed E-state index contributed by atoms with van der Waals surface area (Å²) >= 11 is 12.7. The standard InChI is InChI=1S/C26H28Cl2N2O3/c1-4-17(2)29-26(32)18(3)30(15-21-22(27)12-8-13-23(21)28)25(31)16-33-24-14-7-10-19-9-5-6-11-20(19)24/h5-14,17-18H,4,15-16H2,1-3H3,(H,29,32)/t17-,18-/m0/s1. The third-order valence-corrected chi connectivity index (χ3v) is 6.37. The minimum Gasteiger partial charge on any atom is -0.483 e. The quantitative estimate of drug-likeness (QED) is 0.412. The Morgan fingerprint density at radius 3 is 2.30 bits per heavy atom. The molecule has 3 aromatic carbocycles. The van der Waals surface area contributed by atoms with Gasteiger partial charge in [0.25, 0.3) is 5.91 Å². The lowest BCUT2D eigenvalue weighted by atomic mass is 10.1. The highest BCUT2D eigenvalue weighted by Gasteiger charge is 2.28. The summed E-state index contributed by atoms with van der Waals surface area (Å²) in [5.74, 6) is 0.0191. The zero-order valence-corrected chi connectivity index (χ0v) is 20.5. The molecule has 5 nitrogen and oxygen atoms in total. The minimum atomic E-state index is -0.741. The van der Waals surface area contributed by atoms with Crippen molar-refractivity contribution in [1.82, 2.24) is 10.2 Å². The summed E-state index contributed by atoms with van der Waals surface area (Å²) in [6.07, 6.45) is 0.785. The zero-order chi connectivity index (χ0) is 24.0. The molecular weight excluding hydrogens is 459 g/mol. The van der Waals surface area contributed by atoms with Gasteiger partial charge >= 0.3 is 0 Å². The number of fused-ring (bicyclic) bond motifs is 1. The Hall–Kier alpha value is -2.76. The highest BCUT2D eigenvalue weighted by Crippen LogP contribution is 2.28. The van der Waals surface area contributed by atoms with E-state index in [0.717, 1.165) is 17.2 Å². The number of benzene rings is 3. The van der Waals surface area contributed by atoms with Crippen molar-refractivity contribution in [3.05, 3.63) is 76.3 Å². The van der Waals surface area contributed by atoms with Gasteiger partial charge in [-0.2, -0.15) is 0 Å². The van der Waals surface area contributed by atoms with Crippen molar-refractivity contribution in [2.45, 2.75) is 45.8 Å². The topological polar surface area (TPSA) is 58.6 Å². The van der Waals surface area contributed by atoms with Crippen molar-refractivity contribution in [3.8, 4) is 5.75 Å². The van der Waals surface area contributed by atoms with Crippen LogP contribution in [0, 0.1) is 0 Å². The smallest absolute Gasteiger partial charge is 0.261 e. The van der Waals surface area contributed by atoms with E-state index in [0.29, 0.717) is 21.4 Å². The molecule has 0 saturated carbocycles. The number of hydrogen-bond acceptors (Lipinski definition) is 3. The van der Waals surface area contributed by atoms with Crippen LogP contribution in [-0.4, -0.2) is 35.4 Å². The second kappa shape index (κ2) is 11.4. The Labute approximate surface area is 204 Å². The van der Waals surface area contributed by atoms with Crippen LogP contribution < -0.4 is 10.1 Å². The molecule has 7 heteroatoms. The van der Waals surface area contributed by atoms with E-state index in [4.69, 9.17) is 27.9 Å². The van der Waals surface area contributed by atoms with E-state index in [1.807, 2.05) is 56.3 Å². The highest BCUT2D eigenvalue weighted by atomic mass is 35.5. The largest absolute Gasteiger partial charge is 0.483 e. The predicted octanol–water partition coefficient (Wildman–Crippen LogP) is 5.86. The lowest BCUT2D eigenvalue weighted by molar-refractivity contribution is -0.142. The molecule has 0 aliphatic heterocycles. The maximum atomic E-state index is 13.3. The fraction of sp³-hybridized carbons (Fsp3) is 0.308. The summed E-state index contributed by atoms with van der Waals surface area (Å²) in [7, 11) is 0. The Bertz CT molecular complexity index is 1110. The Morgan fingerprint density at radius 1 is 0.970 bits per heavy atom. The van der Waals surface area contributed by atoms with E-state index in [1.165, 1.54) is 4.90 Å². The van der Waals surface area contributed by atoms with E-state index >= 15 is 0 Å². The molecule has 0 radical (unpaired) electrons. The van der Waals surface area contributed by atoms with Crippen molar-refractivity contribution < 1.29 is 14.3 Å². The van der Waals surface area contributed by atoms with E-state index < -0.39 is 6.04 Å². The molecule has 33 heavy (non-hydrogen) atoms. The van der Waals surface area contributed by atoms with Gasteiger partial charge in [-0.25, -0.2) is 0 Å². The van der Waals surface area contributed by atoms with Gasteiger partial charge in [0.2, 0.25) is 5.91 Å². The van der Waals surface area contributed by atoms with Crippen molar-refractivity contribution in [3.63, 3.8) is 0 Å². The summed E-state index contributed by atoms with van der Waals surface area (Å²) < 4.78 is 5.90. The molecule has 0 spiro atoms. The Kier molecular flexibility index (Phi) is 8.59. The normalized spacial score (nSPS) is 12.8. The number of carbonyl (C=O) groups excluding carboxylic acids is 2. The number of nitrogens with zero attached hydrogens (tertiary/aromatic N) is 1. The van der Waals surface area contributed by atoms with E-state index in [-0.39, 0.29) is 31.0 Å². The number of rotatable bonds is 9. The van der Waals surface area contributed by atoms with Crippen LogP contribution in [0.2, 0.25) is 10.0 Å². The third kappa shape index (κ3) is 6.18. The first-order chi connectivity index (χ1) is 15.8. The molecule has 0 heterocycles. The molecule has 3 aromatic rings. The van der Waals surface area contributed by atoms with Crippen LogP contribution >= 0.6 is 23.2 Å². The van der Waals surface area contributed by atoms with Gasteiger partial charge in [-0.15, -0.1) is 0 Å². The van der Waals surface area contributed by atoms with Crippen molar-refractivity contribution in [2.24, 2.45) is 0 Å². The van der Waals surface area contributed by atoms with Gasteiger partial charge in [-0.3, -0.25) is 9.59 Å². The number of carbonyl (C=O) groups is 2. The molecule has 174 valence electrons. The lowest BCUT2D eigenvalue weighted by Crippen LogP contribution is -2.50. The minimum absolute atomic E-state index is 0.00673. The van der Waals surface area contributed by atoms with Gasteiger partial charge in [0, 0.05) is 33.6 Å². The van der Waals surface area contributed by atoms with Crippen LogP contribution in [0.3, 0.4) is 0 Å². The molecule has 0 saturated heterocycles. The van der Waals surface area contributed by atoms with Crippen molar-refractivity contribution in [1.29, 1.82) is 0 Å². The van der Waals surface area contributed by atoms with Crippen LogP contribution in [0.15, 0.2) is 60.7 Å². The summed E-state index contributed by atoms with van der Waals surface area (Å²) in [6.45, 7) is 5.46. The summed E-state index contributed by atoms with van der Waals surface area (Å²) in [6, 6.07) is 17.9. The monoisotopic (exact) mass is 486 g/mol. The number of halogens is 2. The van der Waals surface area contributed by atoms with E-state index in [1.54, 1.807) is 25.1 Å². The van der Waals surface area contributed by atoms with Gasteiger partial charge in [0.05, 0.1) is 0 Å². The van der Waals surface area contributed by atoms with Gasteiger partial charge < -0.3 is 15.0 Å². The van der Waals surface area contributed by atoms with Crippen LogP contribution in [-0.2, 0) is 16.1 Å². The van der Waals surface area contributed by atoms with Crippen LogP contribution in [0.1, 0.15) is 32.8 Å². The van der Waals surface area contributed by atoms with Gasteiger partial charge in [0.15, 0.2) is 6.61 Å².